The number of pyridine rings is 1. The van der Waals surface area contributed by atoms with E-state index in [1.54, 1.807) is 12.4 Å². The zero-order valence-corrected chi connectivity index (χ0v) is 9.79. The molecule has 0 saturated heterocycles. The summed E-state index contributed by atoms with van der Waals surface area (Å²) in [5.41, 5.74) is 0. The molecule has 1 rings (SSSR count). The molecule has 14 heavy (non-hydrogen) atoms. The zero-order valence-electron chi connectivity index (χ0n) is 8.20. The molecular weight excluding hydrogens is 246 g/mol. The molecule has 0 aliphatic heterocycles. The van der Waals surface area contributed by atoms with Gasteiger partial charge >= 0.3 is 0 Å². The summed E-state index contributed by atoms with van der Waals surface area (Å²) in [7, 11) is 0. The van der Waals surface area contributed by atoms with Gasteiger partial charge in [-0.25, -0.2) is 0 Å². The maximum absolute atomic E-state index is 5.47. The van der Waals surface area contributed by atoms with E-state index >= 15 is 0 Å². The number of rotatable bonds is 6. The van der Waals surface area contributed by atoms with Crippen molar-refractivity contribution in [2.45, 2.75) is 13.3 Å². The first-order valence-electron chi connectivity index (χ1n) is 4.64. The van der Waals surface area contributed by atoms with Gasteiger partial charge in [0.25, 0.3) is 0 Å². The quantitative estimate of drug-likeness (QED) is 0.737. The molecule has 3 nitrogen and oxygen atoms in total. The summed E-state index contributed by atoms with van der Waals surface area (Å²) < 4.78 is 11.6. The standard InChI is InChI=1S/C10H14BrNO2/c1-2-5-13-6-7-14-10-3-4-12-8-9(10)11/h3-4,8H,2,5-7H2,1H3. The molecule has 0 N–H and O–H groups in total. The van der Waals surface area contributed by atoms with Crippen molar-refractivity contribution >= 4 is 15.9 Å². The number of hydrogen-bond donors (Lipinski definition) is 0. The normalized spacial score (nSPS) is 10.1. The molecule has 1 aromatic heterocycles. The highest BCUT2D eigenvalue weighted by Crippen LogP contribution is 2.22. The largest absolute Gasteiger partial charge is 0.490 e. The van der Waals surface area contributed by atoms with Crippen LogP contribution >= 0.6 is 15.9 Å². The van der Waals surface area contributed by atoms with E-state index in [4.69, 9.17) is 9.47 Å². The molecule has 0 fully saturated rings. The van der Waals surface area contributed by atoms with Crippen molar-refractivity contribution in [1.29, 1.82) is 0 Å². The van der Waals surface area contributed by atoms with Crippen molar-refractivity contribution < 1.29 is 9.47 Å². The minimum absolute atomic E-state index is 0.572. The van der Waals surface area contributed by atoms with Gasteiger partial charge in [-0.05, 0) is 28.4 Å². The van der Waals surface area contributed by atoms with Crippen molar-refractivity contribution in [3.8, 4) is 5.75 Å². The molecule has 0 saturated carbocycles. The highest BCUT2D eigenvalue weighted by atomic mass is 79.9. The smallest absolute Gasteiger partial charge is 0.136 e. The fourth-order valence-corrected chi connectivity index (χ4v) is 1.30. The third-order valence-corrected chi connectivity index (χ3v) is 2.16. The van der Waals surface area contributed by atoms with Crippen molar-refractivity contribution in [2.24, 2.45) is 0 Å². The number of hydrogen-bond acceptors (Lipinski definition) is 3. The Morgan fingerprint density at radius 3 is 2.93 bits per heavy atom. The van der Waals surface area contributed by atoms with Gasteiger partial charge < -0.3 is 9.47 Å². The molecule has 0 aromatic carbocycles. The third kappa shape index (κ3) is 4.07. The Kier molecular flexibility index (Phi) is 5.56. The van der Waals surface area contributed by atoms with Gasteiger partial charge in [0.2, 0.25) is 0 Å². The van der Waals surface area contributed by atoms with E-state index in [0.29, 0.717) is 13.2 Å². The van der Waals surface area contributed by atoms with Crippen LogP contribution in [0.3, 0.4) is 0 Å². The molecule has 0 atom stereocenters. The van der Waals surface area contributed by atoms with Gasteiger partial charge in [0, 0.05) is 19.0 Å². The molecule has 1 aromatic rings. The van der Waals surface area contributed by atoms with E-state index in [0.717, 1.165) is 23.2 Å². The van der Waals surface area contributed by atoms with Crippen LogP contribution in [0.4, 0.5) is 0 Å². The zero-order chi connectivity index (χ0) is 10.2. The van der Waals surface area contributed by atoms with Crippen LogP contribution in [0.2, 0.25) is 0 Å². The van der Waals surface area contributed by atoms with Gasteiger partial charge in [-0.3, -0.25) is 4.98 Å². The van der Waals surface area contributed by atoms with Crippen LogP contribution in [-0.2, 0) is 4.74 Å². The van der Waals surface area contributed by atoms with Gasteiger partial charge in [0.05, 0.1) is 11.1 Å². The van der Waals surface area contributed by atoms with Gasteiger partial charge in [0.15, 0.2) is 0 Å². The molecule has 1 heterocycles. The van der Waals surface area contributed by atoms with E-state index in [1.807, 2.05) is 6.07 Å². The summed E-state index contributed by atoms with van der Waals surface area (Å²) in [6.45, 7) is 4.08. The molecule has 0 unspecified atom stereocenters. The maximum atomic E-state index is 5.47. The van der Waals surface area contributed by atoms with Gasteiger partial charge in [-0.2, -0.15) is 0 Å². The van der Waals surface area contributed by atoms with Crippen molar-refractivity contribution in [1.82, 2.24) is 4.98 Å². The Bertz CT molecular complexity index is 268. The second-order valence-corrected chi connectivity index (χ2v) is 3.62. The van der Waals surface area contributed by atoms with E-state index in [9.17, 15) is 0 Å². The van der Waals surface area contributed by atoms with E-state index in [-0.39, 0.29) is 0 Å². The summed E-state index contributed by atoms with van der Waals surface area (Å²) in [6.07, 6.45) is 4.45. The van der Waals surface area contributed by atoms with Crippen LogP contribution in [0.1, 0.15) is 13.3 Å². The average molecular weight is 260 g/mol. The Balaban J connectivity index is 2.21. The number of nitrogens with zero attached hydrogens (tertiary/aromatic N) is 1. The van der Waals surface area contributed by atoms with Gasteiger partial charge in [-0.1, -0.05) is 6.92 Å². The van der Waals surface area contributed by atoms with Crippen LogP contribution in [0.5, 0.6) is 5.75 Å². The monoisotopic (exact) mass is 259 g/mol. The fourth-order valence-electron chi connectivity index (χ4n) is 0.936. The minimum atomic E-state index is 0.572. The Labute approximate surface area is 92.6 Å². The molecule has 78 valence electrons. The lowest BCUT2D eigenvalue weighted by Crippen LogP contribution is -2.07. The van der Waals surface area contributed by atoms with Crippen LogP contribution < -0.4 is 4.74 Å². The SMILES string of the molecule is CCCOCCOc1ccncc1Br. The van der Waals surface area contributed by atoms with Crippen LogP contribution in [0, 0.1) is 0 Å². The first-order valence-corrected chi connectivity index (χ1v) is 5.44. The number of aromatic nitrogens is 1. The van der Waals surface area contributed by atoms with E-state index < -0.39 is 0 Å². The minimum Gasteiger partial charge on any atom is -0.490 e. The topological polar surface area (TPSA) is 31.4 Å². The molecule has 0 bridgehead atoms. The van der Waals surface area contributed by atoms with Gasteiger partial charge in [-0.15, -0.1) is 0 Å². The highest BCUT2D eigenvalue weighted by molar-refractivity contribution is 9.10. The molecule has 0 spiro atoms. The van der Waals surface area contributed by atoms with Gasteiger partial charge in [0.1, 0.15) is 12.4 Å². The molecule has 0 aliphatic rings. The lowest BCUT2D eigenvalue weighted by molar-refractivity contribution is 0.100. The first kappa shape index (κ1) is 11.5. The molecular formula is C10H14BrNO2. The van der Waals surface area contributed by atoms with Crippen LogP contribution in [0.15, 0.2) is 22.9 Å². The molecule has 0 amide bonds. The molecule has 0 radical (unpaired) electrons. The number of ether oxygens (including phenoxy) is 2. The summed E-state index contributed by atoms with van der Waals surface area (Å²) in [6, 6.07) is 1.82. The Morgan fingerprint density at radius 1 is 1.36 bits per heavy atom. The molecule has 4 heteroatoms. The van der Waals surface area contributed by atoms with Crippen molar-refractivity contribution in [2.75, 3.05) is 19.8 Å². The van der Waals surface area contributed by atoms with Crippen LogP contribution in [0.25, 0.3) is 0 Å². The first-order chi connectivity index (χ1) is 6.84. The second kappa shape index (κ2) is 6.79. The van der Waals surface area contributed by atoms with E-state index in [2.05, 4.69) is 27.8 Å². The lowest BCUT2D eigenvalue weighted by atomic mass is 10.4. The predicted octanol–water partition coefficient (Wildman–Crippen LogP) is 2.65. The predicted molar refractivity (Wildman–Crippen MR) is 58.5 cm³/mol. The maximum Gasteiger partial charge on any atom is 0.136 e. The second-order valence-electron chi connectivity index (χ2n) is 2.77. The Morgan fingerprint density at radius 2 is 2.21 bits per heavy atom. The number of halogens is 1. The summed E-state index contributed by atoms with van der Waals surface area (Å²) >= 11 is 3.35. The molecule has 0 aliphatic carbocycles. The van der Waals surface area contributed by atoms with E-state index in [1.165, 1.54) is 0 Å². The van der Waals surface area contributed by atoms with Crippen molar-refractivity contribution in [3.63, 3.8) is 0 Å². The summed E-state index contributed by atoms with van der Waals surface area (Å²) in [5.74, 6) is 0.806. The third-order valence-electron chi connectivity index (χ3n) is 1.57. The van der Waals surface area contributed by atoms with Crippen molar-refractivity contribution in [3.05, 3.63) is 22.9 Å². The van der Waals surface area contributed by atoms with Crippen LogP contribution in [-0.4, -0.2) is 24.8 Å². The average Bonchev–Trinajstić information content (AvgIpc) is 2.20. The Hall–Kier alpha value is -0.610. The lowest BCUT2D eigenvalue weighted by Gasteiger charge is -2.07. The highest BCUT2D eigenvalue weighted by Gasteiger charge is 1.98. The summed E-state index contributed by atoms with van der Waals surface area (Å²) in [4.78, 5) is 3.94. The fraction of sp³-hybridized carbons (Fsp3) is 0.500. The summed E-state index contributed by atoms with van der Waals surface area (Å²) in [5, 5.41) is 0.